The van der Waals surface area contributed by atoms with Crippen molar-refractivity contribution < 1.29 is 4.79 Å². The topological polar surface area (TPSA) is 64.0 Å². The number of thioether (sulfide) groups is 1. The second-order valence-corrected chi connectivity index (χ2v) is 7.38. The van der Waals surface area contributed by atoms with Gasteiger partial charge in [0, 0.05) is 18.0 Å². The van der Waals surface area contributed by atoms with E-state index in [4.69, 9.17) is 0 Å². The molecule has 0 aliphatic heterocycles. The second-order valence-electron chi connectivity index (χ2n) is 5.23. The highest BCUT2D eigenvalue weighted by atomic mass is 32.2. The largest absolute Gasteiger partial charge is 0.353 e. The molecule has 2 rings (SSSR count). The molecule has 0 saturated carbocycles. The van der Waals surface area contributed by atoms with E-state index < -0.39 is 0 Å². The van der Waals surface area contributed by atoms with E-state index in [1.165, 1.54) is 27.7 Å². The third-order valence-electron chi connectivity index (χ3n) is 3.15. The van der Waals surface area contributed by atoms with E-state index in [-0.39, 0.29) is 23.3 Å². The van der Waals surface area contributed by atoms with Gasteiger partial charge < -0.3 is 5.32 Å². The Labute approximate surface area is 131 Å². The molecule has 0 atom stereocenters. The summed E-state index contributed by atoms with van der Waals surface area (Å²) in [5.74, 6) is 0.204. The van der Waals surface area contributed by atoms with Crippen LogP contribution in [0.5, 0.6) is 0 Å². The van der Waals surface area contributed by atoms with E-state index >= 15 is 0 Å². The molecule has 21 heavy (non-hydrogen) atoms. The summed E-state index contributed by atoms with van der Waals surface area (Å²) in [6.07, 6.45) is 0. The number of aryl methyl sites for hydroxylation is 2. The Kier molecular flexibility index (Phi) is 4.73. The first-order valence-electron chi connectivity index (χ1n) is 6.70. The quantitative estimate of drug-likeness (QED) is 0.691. The number of nitrogens with zero attached hydrogens (tertiary/aromatic N) is 2. The lowest BCUT2D eigenvalue weighted by Crippen LogP contribution is -2.31. The standard InChI is InChI=1S/C14H19N3O2S2/c1-7(2)15-10(18)6-20-14-16-12-11(13(19)17(14)5)8(3)9(4)21-12/h7H,6H2,1-5H3,(H,15,18). The Morgan fingerprint density at radius 1 is 1.43 bits per heavy atom. The first-order valence-corrected chi connectivity index (χ1v) is 8.50. The van der Waals surface area contributed by atoms with Crippen LogP contribution in [0.3, 0.4) is 0 Å². The average Bonchev–Trinajstić information content (AvgIpc) is 2.67. The van der Waals surface area contributed by atoms with Gasteiger partial charge in [0.25, 0.3) is 5.56 Å². The normalized spacial score (nSPS) is 11.3. The first-order chi connectivity index (χ1) is 9.81. The lowest BCUT2D eigenvalue weighted by Gasteiger charge is -2.09. The van der Waals surface area contributed by atoms with Crippen LogP contribution in [0.2, 0.25) is 0 Å². The molecule has 114 valence electrons. The minimum atomic E-state index is -0.0529. The highest BCUT2D eigenvalue weighted by molar-refractivity contribution is 7.99. The predicted octanol–water partition coefficient (Wildman–Crippen LogP) is 2.23. The zero-order chi connectivity index (χ0) is 15.7. The molecular weight excluding hydrogens is 306 g/mol. The number of hydrogen-bond acceptors (Lipinski definition) is 5. The summed E-state index contributed by atoms with van der Waals surface area (Å²) in [5.41, 5.74) is 0.950. The smallest absolute Gasteiger partial charge is 0.262 e. The molecule has 0 radical (unpaired) electrons. The zero-order valence-corrected chi connectivity index (χ0v) is 14.4. The van der Waals surface area contributed by atoms with E-state index in [0.29, 0.717) is 10.5 Å². The molecule has 7 heteroatoms. The van der Waals surface area contributed by atoms with Gasteiger partial charge in [-0.15, -0.1) is 11.3 Å². The van der Waals surface area contributed by atoms with E-state index in [0.717, 1.165) is 15.3 Å². The average molecular weight is 325 g/mol. The molecule has 5 nitrogen and oxygen atoms in total. The number of aromatic nitrogens is 2. The Morgan fingerprint density at radius 2 is 2.10 bits per heavy atom. The molecule has 0 fully saturated rings. The van der Waals surface area contributed by atoms with Crippen molar-refractivity contribution in [1.29, 1.82) is 0 Å². The van der Waals surface area contributed by atoms with Gasteiger partial charge in [-0.25, -0.2) is 4.98 Å². The number of carbonyl (C=O) groups excluding carboxylic acids is 1. The van der Waals surface area contributed by atoms with Crippen LogP contribution < -0.4 is 10.9 Å². The second kappa shape index (κ2) is 6.19. The van der Waals surface area contributed by atoms with Crippen LogP contribution >= 0.6 is 23.1 Å². The molecule has 0 aliphatic carbocycles. The van der Waals surface area contributed by atoms with Crippen molar-refractivity contribution in [2.45, 2.75) is 38.9 Å². The molecule has 1 amide bonds. The van der Waals surface area contributed by atoms with Crippen molar-refractivity contribution in [1.82, 2.24) is 14.9 Å². The lowest BCUT2D eigenvalue weighted by molar-refractivity contribution is -0.119. The first kappa shape index (κ1) is 16.0. The number of hydrogen-bond donors (Lipinski definition) is 1. The molecule has 0 bridgehead atoms. The number of rotatable bonds is 4. The monoisotopic (exact) mass is 325 g/mol. The molecule has 2 aromatic rings. The van der Waals surface area contributed by atoms with Crippen molar-refractivity contribution >= 4 is 39.2 Å². The molecule has 2 aromatic heterocycles. The Balaban J connectivity index is 2.31. The molecule has 0 unspecified atom stereocenters. The van der Waals surface area contributed by atoms with Crippen molar-refractivity contribution in [3.63, 3.8) is 0 Å². The SMILES string of the molecule is Cc1sc2nc(SCC(=O)NC(C)C)n(C)c(=O)c2c1C. The number of fused-ring (bicyclic) bond motifs is 1. The highest BCUT2D eigenvalue weighted by Gasteiger charge is 2.15. The van der Waals surface area contributed by atoms with Crippen LogP contribution in [-0.2, 0) is 11.8 Å². The van der Waals surface area contributed by atoms with Gasteiger partial charge in [-0.05, 0) is 33.3 Å². The zero-order valence-electron chi connectivity index (χ0n) is 12.8. The van der Waals surface area contributed by atoms with Gasteiger partial charge in [-0.2, -0.15) is 0 Å². The Hall–Kier alpha value is -1.34. The van der Waals surface area contributed by atoms with Crippen LogP contribution in [0.25, 0.3) is 10.2 Å². The Bertz CT molecular complexity index is 747. The molecule has 1 N–H and O–H groups in total. The third-order valence-corrected chi connectivity index (χ3v) is 5.28. The van der Waals surface area contributed by atoms with E-state index in [2.05, 4.69) is 10.3 Å². The minimum absolute atomic E-state index is 0.0476. The van der Waals surface area contributed by atoms with Crippen LogP contribution in [0, 0.1) is 13.8 Å². The van der Waals surface area contributed by atoms with Gasteiger partial charge in [0.2, 0.25) is 5.91 Å². The maximum absolute atomic E-state index is 12.4. The molecule has 0 aliphatic rings. The minimum Gasteiger partial charge on any atom is -0.353 e. The number of amides is 1. The molecule has 0 spiro atoms. The van der Waals surface area contributed by atoms with Gasteiger partial charge in [-0.3, -0.25) is 14.2 Å². The van der Waals surface area contributed by atoms with Gasteiger partial charge in [0.15, 0.2) is 5.16 Å². The van der Waals surface area contributed by atoms with Crippen molar-refractivity contribution in [3.05, 3.63) is 20.8 Å². The van der Waals surface area contributed by atoms with Crippen LogP contribution in [-0.4, -0.2) is 27.3 Å². The fourth-order valence-corrected chi connectivity index (χ4v) is 3.83. The van der Waals surface area contributed by atoms with Crippen LogP contribution in [0.15, 0.2) is 9.95 Å². The van der Waals surface area contributed by atoms with Crippen LogP contribution in [0.1, 0.15) is 24.3 Å². The summed E-state index contributed by atoms with van der Waals surface area (Å²) in [6, 6.07) is 0.111. The molecular formula is C14H19N3O2S2. The third kappa shape index (κ3) is 3.29. The van der Waals surface area contributed by atoms with Crippen LogP contribution in [0.4, 0.5) is 0 Å². The highest BCUT2D eigenvalue weighted by Crippen LogP contribution is 2.27. The summed E-state index contributed by atoms with van der Waals surface area (Å²) >= 11 is 2.81. The maximum Gasteiger partial charge on any atom is 0.262 e. The van der Waals surface area contributed by atoms with Gasteiger partial charge in [-0.1, -0.05) is 11.8 Å². The lowest BCUT2D eigenvalue weighted by atomic mass is 10.2. The molecule has 2 heterocycles. The fraction of sp³-hybridized carbons (Fsp3) is 0.500. The summed E-state index contributed by atoms with van der Waals surface area (Å²) in [4.78, 5) is 30.5. The summed E-state index contributed by atoms with van der Waals surface area (Å²) < 4.78 is 1.52. The van der Waals surface area contributed by atoms with Gasteiger partial charge >= 0.3 is 0 Å². The predicted molar refractivity (Wildman–Crippen MR) is 88.3 cm³/mol. The van der Waals surface area contributed by atoms with Crippen molar-refractivity contribution in [2.24, 2.45) is 7.05 Å². The number of carbonyl (C=O) groups is 1. The molecule has 0 saturated heterocycles. The number of thiophene rings is 1. The summed E-state index contributed by atoms with van der Waals surface area (Å²) in [7, 11) is 1.70. The summed E-state index contributed by atoms with van der Waals surface area (Å²) in [5, 5.41) is 4.09. The van der Waals surface area contributed by atoms with Crippen molar-refractivity contribution in [2.75, 3.05) is 5.75 Å². The van der Waals surface area contributed by atoms with E-state index in [1.807, 2.05) is 27.7 Å². The fourth-order valence-electron chi connectivity index (χ4n) is 1.98. The van der Waals surface area contributed by atoms with Gasteiger partial charge in [0.1, 0.15) is 4.83 Å². The van der Waals surface area contributed by atoms with Gasteiger partial charge in [0.05, 0.1) is 11.1 Å². The van der Waals surface area contributed by atoms with E-state index in [1.54, 1.807) is 7.05 Å². The summed E-state index contributed by atoms with van der Waals surface area (Å²) in [6.45, 7) is 7.77. The van der Waals surface area contributed by atoms with E-state index in [9.17, 15) is 9.59 Å². The number of nitrogens with one attached hydrogen (secondary N) is 1. The van der Waals surface area contributed by atoms with Crippen molar-refractivity contribution in [3.8, 4) is 0 Å². The molecule has 0 aromatic carbocycles. The maximum atomic E-state index is 12.4. The Morgan fingerprint density at radius 3 is 2.71 bits per heavy atom.